The Labute approximate surface area is 254 Å². The molecule has 1 atom stereocenters. The summed E-state index contributed by atoms with van der Waals surface area (Å²) in [5, 5.41) is 8.59. The van der Waals surface area contributed by atoms with Crippen LogP contribution in [0.3, 0.4) is 0 Å². The lowest BCUT2D eigenvalue weighted by Crippen LogP contribution is -2.45. The van der Waals surface area contributed by atoms with Crippen LogP contribution < -0.4 is 30.0 Å². The van der Waals surface area contributed by atoms with Gasteiger partial charge in [0.25, 0.3) is 11.5 Å². The molecule has 6 rings (SSSR count). The first-order valence-corrected chi connectivity index (χ1v) is 14.9. The molecule has 44 heavy (non-hydrogen) atoms. The van der Waals surface area contributed by atoms with Gasteiger partial charge in [-0.1, -0.05) is 18.2 Å². The third-order valence-electron chi connectivity index (χ3n) is 8.36. The van der Waals surface area contributed by atoms with Crippen molar-refractivity contribution in [2.24, 2.45) is 0 Å². The van der Waals surface area contributed by atoms with Gasteiger partial charge in [0, 0.05) is 56.9 Å². The number of halogens is 1. The number of hydrogen-bond acceptors (Lipinski definition) is 8. The van der Waals surface area contributed by atoms with Crippen LogP contribution in [0.5, 0.6) is 17.2 Å². The lowest BCUT2D eigenvalue weighted by molar-refractivity contribution is 0.0685. The van der Waals surface area contributed by atoms with Gasteiger partial charge in [-0.05, 0) is 37.6 Å². The molecule has 1 saturated heterocycles. The Morgan fingerprint density at radius 3 is 2.48 bits per heavy atom. The second-order valence-electron chi connectivity index (χ2n) is 11.1. The van der Waals surface area contributed by atoms with Crippen molar-refractivity contribution in [3.63, 3.8) is 0 Å². The Kier molecular flexibility index (Phi) is 8.17. The van der Waals surface area contributed by atoms with Crippen molar-refractivity contribution in [2.75, 3.05) is 58.4 Å². The van der Waals surface area contributed by atoms with Crippen molar-refractivity contribution in [3.8, 4) is 17.2 Å². The molecule has 1 N–H and O–H groups in total. The number of aromatic nitrogens is 3. The van der Waals surface area contributed by atoms with Gasteiger partial charge in [-0.15, -0.1) is 5.10 Å². The highest BCUT2D eigenvalue weighted by Gasteiger charge is 2.38. The van der Waals surface area contributed by atoms with Crippen LogP contribution >= 0.6 is 0 Å². The maximum atomic E-state index is 14.4. The normalized spacial score (nSPS) is 16.8. The minimum absolute atomic E-state index is 0.0281. The van der Waals surface area contributed by atoms with Gasteiger partial charge >= 0.3 is 0 Å². The Morgan fingerprint density at radius 1 is 1.05 bits per heavy atom. The second-order valence-corrected chi connectivity index (χ2v) is 11.1. The van der Waals surface area contributed by atoms with E-state index in [2.05, 4.69) is 10.2 Å². The summed E-state index contributed by atoms with van der Waals surface area (Å²) in [7, 11) is 3.08. The number of rotatable bonds is 9. The molecule has 0 unspecified atom stereocenters. The molecule has 0 radical (unpaired) electrons. The number of amides is 1. The average molecular weight is 605 g/mol. The average Bonchev–Trinajstić information content (AvgIpc) is 3.41. The first-order valence-electron chi connectivity index (χ1n) is 14.9. The van der Waals surface area contributed by atoms with Gasteiger partial charge in [0.05, 0.1) is 20.8 Å². The van der Waals surface area contributed by atoms with Crippen molar-refractivity contribution in [1.29, 1.82) is 0 Å². The Balaban J connectivity index is 1.47. The molecule has 1 fully saturated rings. The van der Waals surface area contributed by atoms with Gasteiger partial charge in [-0.25, -0.2) is 9.07 Å². The molecule has 2 aromatic carbocycles. The Morgan fingerprint density at radius 2 is 1.80 bits per heavy atom. The summed E-state index contributed by atoms with van der Waals surface area (Å²) < 4.78 is 34.8. The van der Waals surface area contributed by atoms with Crippen LogP contribution in [-0.4, -0.2) is 78.6 Å². The molecule has 0 spiro atoms. The molecule has 11 nitrogen and oxygen atoms in total. The van der Waals surface area contributed by atoms with Gasteiger partial charge in [-0.3, -0.25) is 9.59 Å². The minimum atomic E-state index is -0.453. The number of carbonyl (C=O) groups is 1. The fourth-order valence-electron chi connectivity index (χ4n) is 6.10. The maximum absolute atomic E-state index is 14.4. The molecule has 0 saturated carbocycles. The quantitative estimate of drug-likeness (QED) is 0.310. The van der Waals surface area contributed by atoms with Crippen LogP contribution in [0.1, 0.15) is 41.5 Å². The van der Waals surface area contributed by atoms with E-state index < -0.39 is 11.4 Å². The van der Waals surface area contributed by atoms with E-state index in [4.69, 9.17) is 19.3 Å². The number of carbonyl (C=O) groups excluding carboxylic acids is 1. The highest BCUT2D eigenvalue weighted by Crippen LogP contribution is 2.41. The predicted octanol–water partition coefficient (Wildman–Crippen LogP) is 3.43. The molecule has 2 aromatic heterocycles. The number of anilines is 1. The van der Waals surface area contributed by atoms with Gasteiger partial charge in [0.2, 0.25) is 0 Å². The third-order valence-corrected chi connectivity index (χ3v) is 8.36. The molecule has 12 heteroatoms. The van der Waals surface area contributed by atoms with Crippen LogP contribution in [0.25, 0.3) is 10.9 Å². The van der Waals surface area contributed by atoms with Gasteiger partial charge in [0.1, 0.15) is 34.8 Å². The van der Waals surface area contributed by atoms with Crippen molar-refractivity contribution in [3.05, 3.63) is 75.5 Å². The molecule has 2 aliphatic rings. The number of benzene rings is 2. The number of methoxy groups -OCH3 is 2. The SMILES string of the molecule is CCN1C[C@H](C)n2c(c(OC)c3c(=O)n(Cc4ccc(F)cc4OCc4ccc(OC)cc4)nc(N4CCNCC4)c32)C1=O. The number of nitrogens with zero attached hydrogens (tertiary/aromatic N) is 5. The van der Waals surface area contributed by atoms with Crippen LogP contribution in [0.4, 0.5) is 10.2 Å². The van der Waals surface area contributed by atoms with E-state index in [0.29, 0.717) is 59.9 Å². The summed E-state index contributed by atoms with van der Waals surface area (Å²) in [6.45, 7) is 8.14. The molecular formula is C32H37FN6O5. The van der Waals surface area contributed by atoms with Gasteiger partial charge in [-0.2, -0.15) is 0 Å². The van der Waals surface area contributed by atoms with Crippen molar-refractivity contribution >= 4 is 22.6 Å². The fourth-order valence-corrected chi connectivity index (χ4v) is 6.10. The zero-order valence-corrected chi connectivity index (χ0v) is 25.4. The van der Waals surface area contributed by atoms with Crippen LogP contribution in [0.15, 0.2) is 47.3 Å². The largest absolute Gasteiger partial charge is 0.497 e. The van der Waals surface area contributed by atoms with Crippen LogP contribution in [0, 0.1) is 5.82 Å². The van der Waals surface area contributed by atoms with Crippen molar-refractivity contribution in [1.82, 2.24) is 24.6 Å². The van der Waals surface area contributed by atoms with Crippen molar-refractivity contribution in [2.45, 2.75) is 33.0 Å². The Hall–Kier alpha value is -4.58. The van der Waals surface area contributed by atoms with E-state index in [0.717, 1.165) is 24.4 Å². The van der Waals surface area contributed by atoms with Crippen LogP contribution in [-0.2, 0) is 13.2 Å². The fraction of sp³-hybridized carbons (Fsp3) is 0.406. The molecule has 4 aromatic rings. The summed E-state index contributed by atoms with van der Waals surface area (Å²) in [4.78, 5) is 31.8. The maximum Gasteiger partial charge on any atom is 0.280 e. The van der Waals surface area contributed by atoms with Gasteiger partial charge < -0.3 is 33.9 Å². The number of hydrogen-bond donors (Lipinski definition) is 1. The summed E-state index contributed by atoms with van der Waals surface area (Å²) in [5.41, 5.74) is 2.03. The standard InChI is InChI=1S/C32H37FN6O5/c1-5-36-17-20(2)39-27-26(29(43-4)28(39)32(36)41)31(40)38(35-30(27)37-14-12-34-13-15-37)18-22-8-9-23(33)16-25(22)44-19-21-6-10-24(42-3)11-7-21/h6-11,16,20,34H,5,12-15,17-19H2,1-4H3/t20-/m0/s1. The van der Waals surface area contributed by atoms with E-state index in [1.807, 2.05) is 42.7 Å². The smallest absolute Gasteiger partial charge is 0.280 e. The molecule has 2 aliphatic heterocycles. The molecular weight excluding hydrogens is 567 g/mol. The van der Waals surface area contributed by atoms with Crippen molar-refractivity contribution < 1.29 is 23.4 Å². The number of nitrogens with one attached hydrogen (secondary N) is 1. The van der Waals surface area contributed by atoms with Gasteiger partial charge in [0.15, 0.2) is 17.3 Å². The molecule has 4 heterocycles. The van der Waals surface area contributed by atoms with E-state index in [-0.39, 0.29) is 30.9 Å². The van der Waals surface area contributed by atoms with E-state index in [1.54, 1.807) is 18.1 Å². The molecule has 232 valence electrons. The molecule has 0 aliphatic carbocycles. The lowest BCUT2D eigenvalue weighted by Gasteiger charge is -2.34. The molecule has 1 amide bonds. The lowest BCUT2D eigenvalue weighted by atomic mass is 10.2. The van der Waals surface area contributed by atoms with E-state index in [1.165, 1.54) is 23.9 Å². The summed E-state index contributed by atoms with van der Waals surface area (Å²) in [6.07, 6.45) is 0. The number of fused-ring (bicyclic) bond motifs is 3. The zero-order valence-electron chi connectivity index (χ0n) is 25.4. The summed E-state index contributed by atoms with van der Waals surface area (Å²) in [5.74, 6) is 1.27. The topological polar surface area (TPSA) is 103 Å². The number of ether oxygens (including phenoxy) is 3. The highest BCUT2D eigenvalue weighted by atomic mass is 19.1. The summed E-state index contributed by atoms with van der Waals surface area (Å²) in [6, 6.07) is 11.6. The Bertz CT molecular complexity index is 1750. The minimum Gasteiger partial charge on any atom is -0.497 e. The number of likely N-dealkylation sites (N-methyl/N-ethyl adjacent to an activating group) is 1. The third kappa shape index (κ3) is 5.23. The van der Waals surface area contributed by atoms with Crippen LogP contribution in [0.2, 0.25) is 0 Å². The predicted molar refractivity (Wildman–Crippen MR) is 165 cm³/mol. The number of piperazine rings is 1. The monoisotopic (exact) mass is 604 g/mol. The zero-order chi connectivity index (χ0) is 31.0. The summed E-state index contributed by atoms with van der Waals surface area (Å²) >= 11 is 0. The van der Waals surface area contributed by atoms with E-state index in [9.17, 15) is 14.0 Å². The van der Waals surface area contributed by atoms with E-state index >= 15 is 0 Å². The first kappa shape index (κ1) is 29.5. The molecule has 0 bridgehead atoms. The second kappa shape index (κ2) is 12.2. The highest BCUT2D eigenvalue weighted by molar-refractivity contribution is 6.07. The first-order chi connectivity index (χ1) is 21.3.